The number of benzene rings is 2. The lowest BCUT2D eigenvalue weighted by Crippen LogP contribution is -2.08. The fourth-order valence-corrected chi connectivity index (χ4v) is 3.24. The van der Waals surface area contributed by atoms with E-state index < -0.39 is 0 Å². The molecule has 0 aromatic heterocycles. The van der Waals surface area contributed by atoms with E-state index in [0.717, 1.165) is 0 Å². The average molecular weight is 270 g/mol. The molecule has 0 unspecified atom stereocenters. The fraction of sp³-hybridized carbons (Fsp3) is 0.222. The zero-order valence-electron chi connectivity index (χ0n) is 11.9. The molecule has 0 bridgehead atoms. The largest absolute Gasteiger partial charge is 0.0980 e. The van der Waals surface area contributed by atoms with Crippen LogP contribution in [0.15, 0.2) is 73.1 Å². The van der Waals surface area contributed by atoms with Crippen molar-refractivity contribution >= 4 is 18.5 Å². The van der Waals surface area contributed by atoms with Crippen LogP contribution in [-0.2, 0) is 0 Å². The van der Waals surface area contributed by atoms with Gasteiger partial charge in [-0.15, -0.1) is 0 Å². The molecule has 2 aromatic carbocycles. The van der Waals surface area contributed by atoms with E-state index in [1.54, 1.807) is 0 Å². The van der Waals surface area contributed by atoms with Gasteiger partial charge in [-0.3, -0.25) is 0 Å². The van der Waals surface area contributed by atoms with Crippen molar-refractivity contribution in [3.05, 3.63) is 73.1 Å². The minimum absolute atomic E-state index is 0.385. The lowest BCUT2D eigenvalue weighted by atomic mass is 10.4. The molecule has 0 saturated carbocycles. The molecule has 0 radical (unpaired) electrons. The summed E-state index contributed by atoms with van der Waals surface area (Å²) < 4.78 is 0. The third kappa shape index (κ3) is 5.41. The van der Waals surface area contributed by atoms with Crippen molar-refractivity contribution in [2.24, 2.45) is 0 Å². The number of rotatable bonds is 4. The second-order valence-electron chi connectivity index (χ2n) is 4.22. The van der Waals surface area contributed by atoms with Gasteiger partial charge in [-0.25, -0.2) is 0 Å². The highest BCUT2D eigenvalue weighted by Gasteiger charge is 2.07. The van der Waals surface area contributed by atoms with Crippen LogP contribution < -0.4 is 10.6 Å². The van der Waals surface area contributed by atoms with Crippen molar-refractivity contribution < 1.29 is 0 Å². The topological polar surface area (TPSA) is 0 Å². The molecule has 0 nitrogen and oxygen atoms in total. The molecule has 0 spiro atoms. The highest BCUT2D eigenvalue weighted by molar-refractivity contribution is 7.75. The maximum Gasteiger partial charge on any atom is -0.0157 e. The summed E-state index contributed by atoms with van der Waals surface area (Å²) in [5.74, 6) is 2.06. The summed E-state index contributed by atoms with van der Waals surface area (Å²) in [5.41, 5.74) is 0. The molecule has 0 aliphatic heterocycles. The highest BCUT2D eigenvalue weighted by Crippen LogP contribution is 2.33. The second kappa shape index (κ2) is 9.53. The molecule has 0 fully saturated rings. The Morgan fingerprint density at radius 2 is 1.16 bits per heavy atom. The molecule has 0 N–H and O–H groups in total. The summed E-state index contributed by atoms with van der Waals surface area (Å²) in [6, 6.07) is 21.1. The van der Waals surface area contributed by atoms with Gasteiger partial charge in [0.05, 0.1) is 0 Å². The van der Waals surface area contributed by atoms with Crippen LogP contribution in [0, 0.1) is 0 Å². The van der Waals surface area contributed by atoms with E-state index in [1.165, 1.54) is 23.5 Å². The summed E-state index contributed by atoms with van der Waals surface area (Å²) in [7, 11) is -0.385. The Bertz CT molecular complexity index is 406. The lowest BCUT2D eigenvalue weighted by molar-refractivity contribution is 0.886. The summed E-state index contributed by atoms with van der Waals surface area (Å²) in [5, 5.41) is 2.71. The minimum atomic E-state index is -0.385. The van der Waals surface area contributed by atoms with Crippen molar-refractivity contribution in [1.82, 2.24) is 0 Å². The van der Waals surface area contributed by atoms with Gasteiger partial charge in [-0.2, -0.15) is 0 Å². The van der Waals surface area contributed by atoms with Crippen molar-refractivity contribution in [1.29, 1.82) is 0 Å². The van der Waals surface area contributed by atoms with Crippen LogP contribution in [0.3, 0.4) is 0 Å². The zero-order chi connectivity index (χ0) is 13.9. The normalized spacial score (nSPS) is 9.63. The van der Waals surface area contributed by atoms with Crippen molar-refractivity contribution in [2.75, 3.05) is 0 Å². The molecule has 2 rings (SSSR count). The van der Waals surface area contributed by atoms with Crippen LogP contribution in [0.1, 0.15) is 26.7 Å². The number of unbranched alkanes of at least 4 members (excludes halogenated alkanes) is 1. The predicted octanol–water partition coefficient (Wildman–Crippen LogP) is 5.07. The first kappa shape index (κ1) is 15.7. The van der Waals surface area contributed by atoms with E-state index in [1.807, 2.05) is 12.1 Å². The predicted molar refractivity (Wildman–Crippen MR) is 89.9 cm³/mol. The summed E-state index contributed by atoms with van der Waals surface area (Å²) in [6.07, 6.45) is 2.64. The molecule has 0 aliphatic carbocycles. The number of hydrogen-bond donors (Lipinski definition) is 0. The van der Waals surface area contributed by atoms with Crippen molar-refractivity contribution in [2.45, 2.75) is 26.7 Å². The molecule has 100 valence electrons. The second-order valence-corrected chi connectivity index (χ2v) is 6.36. The maximum atomic E-state index is 3.94. The van der Waals surface area contributed by atoms with E-state index in [2.05, 4.69) is 74.8 Å². The van der Waals surface area contributed by atoms with Crippen LogP contribution >= 0.6 is 7.92 Å². The van der Waals surface area contributed by atoms with Crippen molar-refractivity contribution in [3.63, 3.8) is 0 Å². The zero-order valence-corrected chi connectivity index (χ0v) is 12.8. The van der Waals surface area contributed by atoms with Crippen molar-refractivity contribution in [3.8, 4) is 0 Å². The number of hydrogen-bond acceptors (Lipinski definition) is 0. The molecule has 0 aliphatic rings. The van der Waals surface area contributed by atoms with Crippen LogP contribution in [0.25, 0.3) is 0 Å². The molecular formula is C18H23P. The summed E-state index contributed by atoms with van der Waals surface area (Å²) >= 11 is 0. The first-order chi connectivity index (χ1) is 9.33. The third-order valence-electron chi connectivity index (χ3n) is 2.75. The van der Waals surface area contributed by atoms with Crippen LogP contribution in [0.5, 0.6) is 0 Å². The van der Waals surface area contributed by atoms with Gasteiger partial charge in [-0.05, 0) is 18.5 Å². The summed E-state index contributed by atoms with van der Waals surface area (Å²) in [6.45, 7) is 8.30. The average Bonchev–Trinajstić information content (AvgIpc) is 2.50. The molecule has 0 heterocycles. The molecule has 2 aromatic rings. The Morgan fingerprint density at radius 3 is 1.42 bits per heavy atom. The quantitative estimate of drug-likeness (QED) is 0.680. The van der Waals surface area contributed by atoms with E-state index in [4.69, 9.17) is 0 Å². The SMILES string of the molecule is C=CP(c1ccccc1)c1ccccc1.CCCC. The Balaban J connectivity index is 0.000000399. The molecule has 0 saturated heterocycles. The van der Waals surface area contributed by atoms with Crippen LogP contribution in [0.4, 0.5) is 0 Å². The first-order valence-electron chi connectivity index (χ1n) is 6.85. The minimum Gasteiger partial charge on any atom is -0.0980 e. The van der Waals surface area contributed by atoms with E-state index >= 15 is 0 Å². The van der Waals surface area contributed by atoms with Gasteiger partial charge in [0.25, 0.3) is 0 Å². The molecule has 0 amide bonds. The monoisotopic (exact) mass is 270 g/mol. The Kier molecular flexibility index (Phi) is 7.86. The van der Waals surface area contributed by atoms with Gasteiger partial charge in [0, 0.05) is 0 Å². The Hall–Kier alpha value is -1.39. The standard InChI is InChI=1S/C14H13P.C4H10/c1-2-15(13-9-5-3-6-10-13)14-11-7-4-8-12-14;1-3-4-2/h2-12H,1H2;3-4H2,1-2H3. The highest BCUT2D eigenvalue weighted by atomic mass is 31.1. The van der Waals surface area contributed by atoms with Gasteiger partial charge in [0.1, 0.15) is 0 Å². The smallest absolute Gasteiger partial charge is 0.0157 e. The van der Waals surface area contributed by atoms with Crippen LogP contribution in [-0.4, -0.2) is 0 Å². The first-order valence-corrected chi connectivity index (χ1v) is 8.26. The third-order valence-corrected chi connectivity index (χ3v) is 4.83. The van der Waals surface area contributed by atoms with E-state index in [-0.39, 0.29) is 7.92 Å². The van der Waals surface area contributed by atoms with E-state index in [9.17, 15) is 0 Å². The van der Waals surface area contributed by atoms with Gasteiger partial charge in [0.15, 0.2) is 0 Å². The summed E-state index contributed by atoms with van der Waals surface area (Å²) in [4.78, 5) is 0. The van der Waals surface area contributed by atoms with Crippen LogP contribution in [0.2, 0.25) is 0 Å². The van der Waals surface area contributed by atoms with Gasteiger partial charge in [0.2, 0.25) is 0 Å². The fourth-order valence-electron chi connectivity index (χ4n) is 1.54. The van der Waals surface area contributed by atoms with E-state index in [0.29, 0.717) is 0 Å². The Morgan fingerprint density at radius 1 is 0.789 bits per heavy atom. The molecule has 1 heteroatoms. The molecular weight excluding hydrogens is 247 g/mol. The maximum absolute atomic E-state index is 3.94. The molecule has 19 heavy (non-hydrogen) atoms. The lowest BCUT2D eigenvalue weighted by Gasteiger charge is -2.13. The van der Waals surface area contributed by atoms with Gasteiger partial charge >= 0.3 is 0 Å². The Labute approximate surface area is 118 Å². The van der Waals surface area contributed by atoms with Gasteiger partial charge in [-0.1, -0.05) is 99.7 Å². The molecule has 0 atom stereocenters. The van der Waals surface area contributed by atoms with Gasteiger partial charge < -0.3 is 0 Å².